The summed E-state index contributed by atoms with van der Waals surface area (Å²) >= 11 is 0. The maximum absolute atomic E-state index is 12.8. The first-order valence-electron chi connectivity index (χ1n) is 8.83. The Morgan fingerprint density at radius 1 is 1.15 bits per heavy atom. The predicted molar refractivity (Wildman–Crippen MR) is 102 cm³/mol. The summed E-state index contributed by atoms with van der Waals surface area (Å²) in [4.78, 5) is 17.5. The van der Waals surface area contributed by atoms with E-state index in [1.807, 2.05) is 48.5 Å². The molecule has 3 aromatic rings. The summed E-state index contributed by atoms with van der Waals surface area (Å²) in [5.74, 6) is 1.29. The van der Waals surface area contributed by atoms with Crippen LogP contribution in [-0.2, 0) is 4.74 Å². The summed E-state index contributed by atoms with van der Waals surface area (Å²) in [6.45, 7) is 1.39. The molecular weight excluding hydrogens is 344 g/mol. The molecule has 27 heavy (non-hydrogen) atoms. The van der Waals surface area contributed by atoms with Gasteiger partial charge in [-0.05, 0) is 36.8 Å². The zero-order valence-electron chi connectivity index (χ0n) is 15.0. The van der Waals surface area contributed by atoms with Gasteiger partial charge in [0.15, 0.2) is 11.5 Å². The molecule has 0 saturated heterocycles. The van der Waals surface area contributed by atoms with Crippen LogP contribution in [0.1, 0.15) is 16.8 Å². The molecule has 0 atom stereocenters. The SMILES string of the molecule is COCCCNC(=O)c1cc(-c2ccc3c(c2)OCO3)nc2ccccc12. The highest BCUT2D eigenvalue weighted by atomic mass is 16.7. The van der Waals surface area contributed by atoms with Crippen molar-refractivity contribution in [2.45, 2.75) is 6.42 Å². The predicted octanol–water partition coefficient (Wildman–Crippen LogP) is 3.40. The van der Waals surface area contributed by atoms with Gasteiger partial charge < -0.3 is 19.5 Å². The second kappa shape index (κ2) is 7.63. The molecule has 0 fully saturated rings. The third-order valence-corrected chi connectivity index (χ3v) is 4.44. The lowest BCUT2D eigenvalue weighted by Crippen LogP contribution is -2.25. The number of para-hydroxylation sites is 1. The minimum absolute atomic E-state index is 0.119. The maximum atomic E-state index is 12.8. The molecule has 1 aliphatic rings. The van der Waals surface area contributed by atoms with Crippen LogP contribution >= 0.6 is 0 Å². The number of fused-ring (bicyclic) bond motifs is 2. The van der Waals surface area contributed by atoms with Gasteiger partial charge in [-0.2, -0.15) is 0 Å². The van der Waals surface area contributed by atoms with Crippen molar-refractivity contribution in [3.05, 3.63) is 54.1 Å². The molecule has 2 aromatic carbocycles. The van der Waals surface area contributed by atoms with Crippen LogP contribution in [0.2, 0.25) is 0 Å². The summed E-state index contributed by atoms with van der Waals surface area (Å²) in [6.07, 6.45) is 0.764. The highest BCUT2D eigenvalue weighted by molar-refractivity contribution is 6.07. The Bertz CT molecular complexity index is 987. The van der Waals surface area contributed by atoms with Gasteiger partial charge in [0.25, 0.3) is 5.91 Å². The Morgan fingerprint density at radius 2 is 2.00 bits per heavy atom. The molecule has 0 radical (unpaired) electrons. The number of hydrogen-bond donors (Lipinski definition) is 1. The molecule has 0 spiro atoms. The van der Waals surface area contributed by atoms with Gasteiger partial charge in [-0.3, -0.25) is 4.79 Å². The number of amides is 1. The lowest BCUT2D eigenvalue weighted by Gasteiger charge is -2.11. The molecule has 0 saturated carbocycles. The normalized spacial score (nSPS) is 12.3. The van der Waals surface area contributed by atoms with E-state index in [-0.39, 0.29) is 12.7 Å². The smallest absolute Gasteiger partial charge is 0.252 e. The van der Waals surface area contributed by atoms with Crippen molar-refractivity contribution in [1.82, 2.24) is 10.3 Å². The molecule has 1 N–H and O–H groups in total. The Labute approximate surface area is 157 Å². The monoisotopic (exact) mass is 364 g/mol. The molecule has 0 aliphatic carbocycles. The van der Waals surface area contributed by atoms with Crippen LogP contribution in [0, 0.1) is 0 Å². The number of aromatic nitrogens is 1. The van der Waals surface area contributed by atoms with Crippen LogP contribution in [0.5, 0.6) is 11.5 Å². The Morgan fingerprint density at radius 3 is 2.89 bits per heavy atom. The van der Waals surface area contributed by atoms with Crippen molar-refractivity contribution in [3.63, 3.8) is 0 Å². The van der Waals surface area contributed by atoms with E-state index in [9.17, 15) is 4.79 Å². The van der Waals surface area contributed by atoms with E-state index >= 15 is 0 Å². The number of hydrogen-bond acceptors (Lipinski definition) is 5. The first-order chi connectivity index (χ1) is 13.3. The van der Waals surface area contributed by atoms with Gasteiger partial charge >= 0.3 is 0 Å². The first-order valence-corrected chi connectivity index (χ1v) is 8.83. The fraction of sp³-hybridized carbons (Fsp3) is 0.238. The molecule has 6 nitrogen and oxygen atoms in total. The maximum Gasteiger partial charge on any atom is 0.252 e. The quantitative estimate of drug-likeness (QED) is 0.679. The van der Waals surface area contributed by atoms with E-state index in [2.05, 4.69) is 5.32 Å². The van der Waals surface area contributed by atoms with Crippen molar-refractivity contribution in [3.8, 4) is 22.8 Å². The van der Waals surface area contributed by atoms with Crippen LogP contribution in [0.25, 0.3) is 22.2 Å². The second-order valence-corrected chi connectivity index (χ2v) is 6.24. The summed E-state index contributed by atoms with van der Waals surface area (Å²) in [7, 11) is 1.65. The van der Waals surface area contributed by atoms with Crippen molar-refractivity contribution in [2.75, 3.05) is 27.1 Å². The largest absolute Gasteiger partial charge is 0.454 e. The molecule has 2 heterocycles. The van der Waals surface area contributed by atoms with Gasteiger partial charge in [0, 0.05) is 31.2 Å². The molecule has 1 amide bonds. The lowest BCUT2D eigenvalue weighted by atomic mass is 10.0. The fourth-order valence-electron chi connectivity index (χ4n) is 3.08. The second-order valence-electron chi connectivity index (χ2n) is 6.24. The van der Waals surface area contributed by atoms with Gasteiger partial charge in [0.2, 0.25) is 6.79 Å². The molecular formula is C21H20N2O4. The minimum atomic E-state index is -0.119. The van der Waals surface area contributed by atoms with Crippen molar-refractivity contribution < 1.29 is 19.0 Å². The molecule has 1 aromatic heterocycles. The van der Waals surface area contributed by atoms with Gasteiger partial charge in [0.1, 0.15) is 0 Å². The number of nitrogens with one attached hydrogen (secondary N) is 1. The highest BCUT2D eigenvalue weighted by Crippen LogP contribution is 2.36. The summed E-state index contributed by atoms with van der Waals surface area (Å²) in [5.41, 5.74) is 2.97. The minimum Gasteiger partial charge on any atom is -0.454 e. The van der Waals surface area contributed by atoms with E-state index in [1.165, 1.54) is 0 Å². The number of carbonyl (C=O) groups excluding carboxylic acids is 1. The lowest BCUT2D eigenvalue weighted by molar-refractivity contribution is 0.0950. The molecule has 4 rings (SSSR count). The van der Waals surface area contributed by atoms with Crippen LogP contribution in [0.4, 0.5) is 0 Å². The Hall–Kier alpha value is -3.12. The topological polar surface area (TPSA) is 69.7 Å². The van der Waals surface area contributed by atoms with E-state index in [0.717, 1.165) is 28.6 Å². The van der Waals surface area contributed by atoms with Crippen LogP contribution in [0.3, 0.4) is 0 Å². The number of nitrogens with zero attached hydrogens (tertiary/aromatic N) is 1. The Balaban J connectivity index is 1.71. The van der Waals surface area contributed by atoms with Crippen molar-refractivity contribution >= 4 is 16.8 Å². The van der Waals surface area contributed by atoms with Crippen LogP contribution in [0.15, 0.2) is 48.5 Å². The van der Waals surface area contributed by atoms with Gasteiger partial charge in [-0.15, -0.1) is 0 Å². The third-order valence-electron chi connectivity index (χ3n) is 4.44. The summed E-state index contributed by atoms with van der Waals surface area (Å²) < 4.78 is 15.9. The molecule has 138 valence electrons. The zero-order valence-corrected chi connectivity index (χ0v) is 15.0. The van der Waals surface area contributed by atoms with Gasteiger partial charge in [-0.1, -0.05) is 18.2 Å². The Kier molecular flexibility index (Phi) is 4.89. The summed E-state index contributed by atoms with van der Waals surface area (Å²) in [6, 6.07) is 15.1. The average Bonchev–Trinajstić information content (AvgIpc) is 3.18. The first kappa shape index (κ1) is 17.3. The standard InChI is InChI=1S/C21H20N2O4/c1-25-10-4-9-22-21(24)16-12-18(23-17-6-3-2-5-15(16)17)14-7-8-19-20(11-14)27-13-26-19/h2-3,5-8,11-12H,4,9-10,13H2,1H3,(H,22,24). The molecule has 0 unspecified atom stereocenters. The number of carbonyl (C=O) groups is 1. The van der Waals surface area contributed by atoms with Crippen LogP contribution < -0.4 is 14.8 Å². The van der Waals surface area contributed by atoms with Crippen molar-refractivity contribution in [2.24, 2.45) is 0 Å². The zero-order chi connectivity index (χ0) is 18.6. The number of rotatable bonds is 6. The van der Waals surface area contributed by atoms with Gasteiger partial charge in [0.05, 0.1) is 16.8 Å². The highest BCUT2D eigenvalue weighted by Gasteiger charge is 2.17. The third kappa shape index (κ3) is 3.57. The molecule has 1 aliphatic heterocycles. The fourth-order valence-corrected chi connectivity index (χ4v) is 3.08. The van der Waals surface area contributed by atoms with E-state index < -0.39 is 0 Å². The molecule has 6 heteroatoms. The number of benzene rings is 2. The summed E-state index contributed by atoms with van der Waals surface area (Å²) in [5, 5.41) is 3.78. The number of methoxy groups -OCH3 is 1. The van der Waals surface area contributed by atoms with Crippen molar-refractivity contribution in [1.29, 1.82) is 0 Å². The van der Waals surface area contributed by atoms with Crippen LogP contribution in [-0.4, -0.2) is 37.9 Å². The van der Waals surface area contributed by atoms with Gasteiger partial charge in [-0.25, -0.2) is 4.98 Å². The van der Waals surface area contributed by atoms with E-state index in [4.69, 9.17) is 19.2 Å². The molecule has 0 bridgehead atoms. The number of pyridine rings is 1. The average molecular weight is 364 g/mol. The van der Waals surface area contributed by atoms with E-state index in [0.29, 0.717) is 30.2 Å². The number of ether oxygens (including phenoxy) is 3. The van der Waals surface area contributed by atoms with E-state index in [1.54, 1.807) is 7.11 Å².